The first-order chi connectivity index (χ1) is 28.3. The first-order valence-electron chi connectivity index (χ1n) is 19.4. The predicted molar refractivity (Wildman–Crippen MR) is 234 cm³/mol. The maximum Gasteiger partial charge on any atom is 0.164 e. The van der Waals surface area contributed by atoms with Crippen molar-refractivity contribution in [1.82, 2.24) is 15.0 Å². The Balaban J connectivity index is 1.08. The van der Waals surface area contributed by atoms with Gasteiger partial charge in [0.15, 0.2) is 17.5 Å². The number of fused-ring (bicyclic) bond motifs is 6. The molecule has 9 aromatic carbocycles. The number of rotatable bonds is 6. The zero-order chi connectivity index (χ0) is 37.8. The molecule has 0 unspecified atom stereocenters. The van der Waals surface area contributed by atoms with E-state index in [2.05, 4.69) is 152 Å². The fourth-order valence-corrected chi connectivity index (χ4v) is 9.11. The molecule has 266 valence electrons. The summed E-state index contributed by atoms with van der Waals surface area (Å²) in [6.45, 7) is 0. The smallest absolute Gasteiger partial charge is 0.164 e. The molecule has 0 saturated carbocycles. The van der Waals surface area contributed by atoms with Crippen LogP contribution in [0, 0.1) is 0 Å². The second-order valence-electron chi connectivity index (χ2n) is 14.7. The third-order valence-electron chi connectivity index (χ3n) is 11.6. The van der Waals surface area contributed by atoms with Crippen molar-refractivity contribution in [3.8, 4) is 56.4 Å². The van der Waals surface area contributed by atoms with Gasteiger partial charge in [0.1, 0.15) is 0 Å². The van der Waals surface area contributed by atoms with E-state index in [9.17, 15) is 0 Å². The topological polar surface area (TPSA) is 38.7 Å². The number of hydrogen-bond donors (Lipinski definition) is 0. The normalized spacial score (nSPS) is 12.7. The molecule has 0 bridgehead atoms. The summed E-state index contributed by atoms with van der Waals surface area (Å²) in [6, 6.07) is 75.9. The molecular formula is C54H35N3. The van der Waals surface area contributed by atoms with Crippen molar-refractivity contribution >= 4 is 21.5 Å². The molecule has 0 N–H and O–H groups in total. The summed E-state index contributed by atoms with van der Waals surface area (Å²) in [5.74, 6) is 1.96. The summed E-state index contributed by atoms with van der Waals surface area (Å²) in [4.78, 5) is 15.1. The van der Waals surface area contributed by atoms with Crippen molar-refractivity contribution in [2.75, 3.05) is 0 Å². The van der Waals surface area contributed by atoms with Crippen LogP contribution >= 0.6 is 0 Å². The summed E-state index contributed by atoms with van der Waals surface area (Å²) in [5.41, 5.74) is 12.6. The Kier molecular flexibility index (Phi) is 7.71. The molecule has 0 amide bonds. The second kappa shape index (κ2) is 13.4. The fraction of sp³-hybridized carbons (Fsp3) is 0.0185. The molecule has 0 spiro atoms. The van der Waals surface area contributed by atoms with Crippen LogP contribution in [-0.2, 0) is 5.41 Å². The first-order valence-corrected chi connectivity index (χ1v) is 19.4. The highest BCUT2D eigenvalue weighted by atomic mass is 15.0. The van der Waals surface area contributed by atoms with Crippen LogP contribution in [0.25, 0.3) is 78.0 Å². The van der Waals surface area contributed by atoms with Crippen molar-refractivity contribution in [3.63, 3.8) is 0 Å². The molecule has 0 radical (unpaired) electrons. The minimum Gasteiger partial charge on any atom is -0.208 e. The molecule has 1 aliphatic carbocycles. The zero-order valence-electron chi connectivity index (χ0n) is 31.0. The molecule has 11 rings (SSSR count). The summed E-state index contributed by atoms with van der Waals surface area (Å²) in [7, 11) is 0. The van der Waals surface area contributed by atoms with Crippen molar-refractivity contribution in [3.05, 3.63) is 235 Å². The van der Waals surface area contributed by atoms with E-state index in [0.717, 1.165) is 27.5 Å². The van der Waals surface area contributed by atoms with Crippen LogP contribution in [0.3, 0.4) is 0 Å². The third-order valence-corrected chi connectivity index (χ3v) is 11.6. The highest BCUT2D eigenvalue weighted by Gasteiger charge is 2.46. The number of benzene rings is 9. The highest BCUT2D eigenvalue weighted by Crippen LogP contribution is 2.57. The molecule has 3 nitrogen and oxygen atoms in total. The summed E-state index contributed by atoms with van der Waals surface area (Å²) < 4.78 is 0. The molecule has 0 saturated heterocycles. The SMILES string of the molecule is c1ccc(-c2nc(-c3ccccc3)nc(-c3ccc(-c4ccc5c6c(ccc5c4)C(c4ccccc4)(c4ccccc4)c4ccccc4-6)c4ccccc34)n2)cc1. The van der Waals surface area contributed by atoms with Crippen LogP contribution < -0.4 is 0 Å². The maximum atomic E-state index is 5.08. The Morgan fingerprint density at radius 3 is 1.44 bits per heavy atom. The summed E-state index contributed by atoms with van der Waals surface area (Å²) in [5, 5.41) is 4.71. The van der Waals surface area contributed by atoms with E-state index in [1.807, 2.05) is 60.7 Å². The lowest BCUT2D eigenvalue weighted by molar-refractivity contribution is 0.769. The average Bonchev–Trinajstić information content (AvgIpc) is 3.61. The highest BCUT2D eigenvalue weighted by molar-refractivity contribution is 6.08. The van der Waals surface area contributed by atoms with Gasteiger partial charge in [-0.25, -0.2) is 15.0 Å². The zero-order valence-corrected chi connectivity index (χ0v) is 31.0. The molecule has 1 aliphatic rings. The quantitative estimate of drug-likeness (QED) is 0.171. The molecule has 1 aromatic heterocycles. The van der Waals surface area contributed by atoms with Gasteiger partial charge in [0.05, 0.1) is 5.41 Å². The van der Waals surface area contributed by atoms with Gasteiger partial charge in [-0.1, -0.05) is 200 Å². The van der Waals surface area contributed by atoms with Gasteiger partial charge >= 0.3 is 0 Å². The van der Waals surface area contributed by atoms with Gasteiger partial charge in [-0.2, -0.15) is 0 Å². The van der Waals surface area contributed by atoms with Crippen molar-refractivity contribution in [2.45, 2.75) is 5.41 Å². The van der Waals surface area contributed by atoms with Crippen LogP contribution in [0.15, 0.2) is 212 Å². The van der Waals surface area contributed by atoms with Crippen LogP contribution in [0.2, 0.25) is 0 Å². The van der Waals surface area contributed by atoms with Crippen molar-refractivity contribution in [1.29, 1.82) is 0 Å². The van der Waals surface area contributed by atoms with E-state index in [4.69, 9.17) is 15.0 Å². The lowest BCUT2D eigenvalue weighted by atomic mass is 9.67. The number of hydrogen-bond acceptors (Lipinski definition) is 3. The van der Waals surface area contributed by atoms with Crippen LogP contribution in [0.1, 0.15) is 22.3 Å². The Labute approximate surface area is 331 Å². The Morgan fingerprint density at radius 1 is 0.298 bits per heavy atom. The fourth-order valence-electron chi connectivity index (χ4n) is 9.11. The number of nitrogens with zero attached hydrogens (tertiary/aromatic N) is 3. The van der Waals surface area contributed by atoms with Crippen molar-refractivity contribution < 1.29 is 0 Å². The molecule has 1 heterocycles. The van der Waals surface area contributed by atoms with Gasteiger partial charge in [0.2, 0.25) is 0 Å². The first kappa shape index (κ1) is 32.9. The second-order valence-corrected chi connectivity index (χ2v) is 14.7. The monoisotopic (exact) mass is 725 g/mol. The lowest BCUT2D eigenvalue weighted by Gasteiger charge is -2.33. The van der Waals surface area contributed by atoms with E-state index >= 15 is 0 Å². The minimum absolute atomic E-state index is 0.427. The largest absolute Gasteiger partial charge is 0.208 e. The summed E-state index contributed by atoms with van der Waals surface area (Å²) in [6.07, 6.45) is 0. The summed E-state index contributed by atoms with van der Waals surface area (Å²) >= 11 is 0. The standard InChI is InChI=1S/C54H35N3/c1-5-17-36(18-6-1)51-55-52(37-19-7-2-8-20-37)57-53(56-51)46-33-32-42(44-25-13-14-26-45(44)46)38-29-31-43-39(35-38)30-34-49-50(43)47-27-15-16-28-48(47)54(49,40-21-9-3-10-22-40)41-23-11-4-12-24-41/h1-35H. The lowest BCUT2D eigenvalue weighted by Crippen LogP contribution is -2.28. The van der Waals surface area contributed by atoms with Crippen molar-refractivity contribution in [2.24, 2.45) is 0 Å². The van der Waals surface area contributed by atoms with Gasteiger partial charge < -0.3 is 0 Å². The minimum atomic E-state index is -0.427. The Bertz CT molecular complexity index is 3010. The van der Waals surface area contributed by atoms with Gasteiger partial charge in [-0.3, -0.25) is 0 Å². The van der Waals surface area contributed by atoms with E-state index < -0.39 is 5.41 Å². The van der Waals surface area contributed by atoms with Gasteiger partial charge in [0, 0.05) is 16.7 Å². The molecule has 10 aromatic rings. The predicted octanol–water partition coefficient (Wildman–Crippen LogP) is 13.2. The molecule has 0 fully saturated rings. The number of aromatic nitrogens is 3. The van der Waals surface area contributed by atoms with Gasteiger partial charge in [-0.15, -0.1) is 0 Å². The van der Waals surface area contributed by atoms with Crippen LogP contribution in [0.5, 0.6) is 0 Å². The molecule has 3 heteroatoms. The third kappa shape index (κ3) is 5.24. The van der Waals surface area contributed by atoms with E-state index in [-0.39, 0.29) is 0 Å². The van der Waals surface area contributed by atoms with E-state index in [0.29, 0.717) is 17.5 Å². The molecule has 0 aliphatic heterocycles. The van der Waals surface area contributed by atoms with Gasteiger partial charge in [0.25, 0.3) is 0 Å². The molecular weight excluding hydrogens is 691 g/mol. The maximum absolute atomic E-state index is 5.08. The van der Waals surface area contributed by atoms with Crippen LogP contribution in [-0.4, -0.2) is 15.0 Å². The molecule has 57 heavy (non-hydrogen) atoms. The Morgan fingerprint density at radius 2 is 0.807 bits per heavy atom. The van der Waals surface area contributed by atoms with Crippen LogP contribution in [0.4, 0.5) is 0 Å². The van der Waals surface area contributed by atoms with E-state index in [1.54, 1.807) is 0 Å². The van der Waals surface area contributed by atoms with E-state index in [1.165, 1.54) is 55.3 Å². The molecule has 0 atom stereocenters. The average molecular weight is 726 g/mol. The van der Waals surface area contributed by atoms with Gasteiger partial charge in [-0.05, 0) is 78.2 Å². The Hall–Kier alpha value is -7.49.